The van der Waals surface area contributed by atoms with Crippen LogP contribution in [0.5, 0.6) is 0 Å². The van der Waals surface area contributed by atoms with Gasteiger partial charge in [-0.2, -0.15) is 0 Å². The van der Waals surface area contributed by atoms with E-state index in [4.69, 9.17) is 0 Å². The fraction of sp³-hybridized carbons (Fsp3) is 0.929. The Balaban J connectivity index is 1.76. The molecule has 0 radical (unpaired) electrons. The van der Waals surface area contributed by atoms with Crippen molar-refractivity contribution in [3.05, 3.63) is 0 Å². The summed E-state index contributed by atoms with van der Waals surface area (Å²) in [5.74, 6) is 0.609. The summed E-state index contributed by atoms with van der Waals surface area (Å²) in [4.78, 5) is 13.9. The summed E-state index contributed by atoms with van der Waals surface area (Å²) in [5, 5.41) is 3.02. The summed E-state index contributed by atoms with van der Waals surface area (Å²) in [5.41, 5.74) is 0. The zero-order valence-electron chi connectivity index (χ0n) is 12.8. The molecule has 2 aliphatic rings. The van der Waals surface area contributed by atoms with Crippen LogP contribution in [0.4, 0.5) is 4.79 Å². The third-order valence-corrected chi connectivity index (χ3v) is 5.12. The molecule has 0 aromatic rings. The summed E-state index contributed by atoms with van der Waals surface area (Å²) >= 11 is 0. The maximum absolute atomic E-state index is 12.2. The predicted octanol–water partition coefficient (Wildman–Crippen LogP) is 1.29. The molecular weight excluding hydrogens is 290 g/mol. The Labute approximate surface area is 127 Å². The van der Waals surface area contributed by atoms with E-state index in [1.165, 1.54) is 32.1 Å². The summed E-state index contributed by atoms with van der Waals surface area (Å²) in [6.07, 6.45) is 9.06. The molecule has 1 saturated carbocycles. The van der Waals surface area contributed by atoms with E-state index in [2.05, 4.69) is 10.0 Å². The second kappa shape index (κ2) is 7.45. The number of hydrogen-bond acceptors (Lipinski definition) is 3. The minimum atomic E-state index is -3.21. The van der Waals surface area contributed by atoms with Crippen molar-refractivity contribution in [3.8, 4) is 0 Å². The molecule has 21 heavy (non-hydrogen) atoms. The van der Waals surface area contributed by atoms with Gasteiger partial charge in [0.05, 0.1) is 6.26 Å². The van der Waals surface area contributed by atoms with Crippen LogP contribution in [0.15, 0.2) is 0 Å². The first-order chi connectivity index (χ1) is 9.94. The predicted molar refractivity (Wildman–Crippen MR) is 82.5 cm³/mol. The first kappa shape index (κ1) is 16.5. The van der Waals surface area contributed by atoms with Crippen LogP contribution in [0.25, 0.3) is 0 Å². The Morgan fingerprint density at radius 3 is 2.52 bits per heavy atom. The van der Waals surface area contributed by atoms with Gasteiger partial charge in [-0.05, 0) is 31.6 Å². The van der Waals surface area contributed by atoms with Gasteiger partial charge >= 0.3 is 6.03 Å². The smallest absolute Gasteiger partial charge is 0.317 e. The molecule has 0 aromatic heterocycles. The average Bonchev–Trinajstić information content (AvgIpc) is 2.44. The zero-order valence-corrected chi connectivity index (χ0v) is 13.6. The van der Waals surface area contributed by atoms with Crippen LogP contribution in [0.1, 0.15) is 44.9 Å². The Bertz CT molecular complexity index is 446. The van der Waals surface area contributed by atoms with Crippen LogP contribution in [-0.4, -0.2) is 51.3 Å². The van der Waals surface area contributed by atoms with Crippen molar-refractivity contribution < 1.29 is 13.2 Å². The number of hydrogen-bond donors (Lipinski definition) is 2. The Morgan fingerprint density at radius 2 is 1.86 bits per heavy atom. The Morgan fingerprint density at radius 1 is 1.14 bits per heavy atom. The normalized spacial score (nSPS) is 24.8. The molecule has 6 nitrogen and oxygen atoms in total. The highest BCUT2D eigenvalue weighted by Gasteiger charge is 2.25. The molecule has 122 valence electrons. The van der Waals surface area contributed by atoms with Gasteiger partial charge in [-0.25, -0.2) is 17.9 Å². The molecule has 2 rings (SSSR count). The Hall–Kier alpha value is -0.820. The molecule has 1 heterocycles. The number of piperidine rings is 1. The van der Waals surface area contributed by atoms with Crippen molar-refractivity contribution in [1.29, 1.82) is 0 Å². The quantitative estimate of drug-likeness (QED) is 0.820. The minimum absolute atomic E-state index is 0.0550. The van der Waals surface area contributed by atoms with Gasteiger partial charge in [0.15, 0.2) is 0 Å². The lowest BCUT2D eigenvalue weighted by atomic mass is 9.89. The molecule has 0 unspecified atom stereocenters. The lowest BCUT2D eigenvalue weighted by molar-refractivity contribution is 0.174. The molecule has 1 aliphatic heterocycles. The number of sulfonamides is 1. The molecule has 0 aromatic carbocycles. The van der Waals surface area contributed by atoms with Crippen molar-refractivity contribution in [3.63, 3.8) is 0 Å². The van der Waals surface area contributed by atoms with Crippen molar-refractivity contribution in [2.24, 2.45) is 5.92 Å². The first-order valence-electron chi connectivity index (χ1n) is 7.94. The average molecular weight is 317 g/mol. The van der Waals surface area contributed by atoms with E-state index < -0.39 is 10.0 Å². The standard InChI is InChI=1S/C14H27N3O3S/c1-21(19,20)16-13-8-5-9-17(11-13)14(18)15-10-12-6-3-2-4-7-12/h12-13,16H,2-11H2,1H3,(H,15,18)/t13-/m0/s1. The number of urea groups is 1. The second-order valence-corrected chi connectivity index (χ2v) is 8.15. The fourth-order valence-electron chi connectivity index (χ4n) is 3.30. The molecule has 2 N–H and O–H groups in total. The molecule has 0 bridgehead atoms. The zero-order chi connectivity index (χ0) is 15.3. The molecular formula is C14H27N3O3S. The van der Waals surface area contributed by atoms with Crippen molar-refractivity contribution >= 4 is 16.1 Å². The maximum Gasteiger partial charge on any atom is 0.317 e. The van der Waals surface area contributed by atoms with E-state index in [1.807, 2.05) is 0 Å². The summed E-state index contributed by atoms with van der Waals surface area (Å²) in [6, 6.07) is -0.213. The highest BCUT2D eigenvalue weighted by atomic mass is 32.2. The number of rotatable bonds is 4. The molecule has 0 spiro atoms. The van der Waals surface area contributed by atoms with E-state index in [0.717, 1.165) is 25.6 Å². The summed E-state index contributed by atoms with van der Waals surface area (Å²) in [6.45, 7) is 1.92. The number of carbonyl (C=O) groups excluding carboxylic acids is 1. The van der Waals surface area contributed by atoms with Gasteiger partial charge in [-0.3, -0.25) is 0 Å². The van der Waals surface area contributed by atoms with Gasteiger partial charge in [-0.15, -0.1) is 0 Å². The SMILES string of the molecule is CS(=O)(=O)N[C@H]1CCCN(C(=O)NCC2CCCCC2)C1. The lowest BCUT2D eigenvalue weighted by Crippen LogP contribution is -2.52. The van der Waals surface area contributed by atoms with E-state index in [0.29, 0.717) is 19.0 Å². The highest BCUT2D eigenvalue weighted by molar-refractivity contribution is 7.88. The van der Waals surface area contributed by atoms with Crippen molar-refractivity contribution in [1.82, 2.24) is 14.9 Å². The van der Waals surface area contributed by atoms with Gasteiger partial charge in [-0.1, -0.05) is 19.3 Å². The van der Waals surface area contributed by atoms with Gasteiger partial charge < -0.3 is 10.2 Å². The molecule has 2 amide bonds. The van der Waals surface area contributed by atoms with Crippen molar-refractivity contribution in [2.45, 2.75) is 51.0 Å². The van der Waals surface area contributed by atoms with Gasteiger partial charge in [0.2, 0.25) is 10.0 Å². The van der Waals surface area contributed by atoms with Crippen LogP contribution in [0, 0.1) is 5.92 Å². The highest BCUT2D eigenvalue weighted by Crippen LogP contribution is 2.22. The van der Waals surface area contributed by atoms with Crippen LogP contribution in [0.2, 0.25) is 0 Å². The van der Waals surface area contributed by atoms with Crippen LogP contribution in [0.3, 0.4) is 0 Å². The number of nitrogens with one attached hydrogen (secondary N) is 2. The van der Waals surface area contributed by atoms with Crippen LogP contribution >= 0.6 is 0 Å². The van der Waals surface area contributed by atoms with Gasteiger partial charge in [0.1, 0.15) is 0 Å². The first-order valence-corrected chi connectivity index (χ1v) is 9.83. The molecule has 1 saturated heterocycles. The number of carbonyl (C=O) groups is 1. The second-order valence-electron chi connectivity index (χ2n) is 6.37. The largest absolute Gasteiger partial charge is 0.338 e. The van der Waals surface area contributed by atoms with Gasteiger partial charge in [0.25, 0.3) is 0 Å². The molecule has 1 aliphatic carbocycles. The van der Waals surface area contributed by atoms with Crippen molar-refractivity contribution in [2.75, 3.05) is 25.9 Å². The maximum atomic E-state index is 12.2. The third kappa shape index (κ3) is 5.82. The molecule has 2 fully saturated rings. The Kier molecular flexibility index (Phi) is 5.87. The fourth-order valence-corrected chi connectivity index (χ4v) is 4.09. The third-order valence-electron chi connectivity index (χ3n) is 4.36. The summed E-state index contributed by atoms with van der Waals surface area (Å²) < 4.78 is 25.2. The van der Waals surface area contributed by atoms with Crippen LogP contribution < -0.4 is 10.0 Å². The number of likely N-dealkylation sites (tertiary alicyclic amines) is 1. The van der Waals surface area contributed by atoms with E-state index >= 15 is 0 Å². The molecule has 7 heteroatoms. The lowest BCUT2D eigenvalue weighted by Gasteiger charge is -2.33. The topological polar surface area (TPSA) is 78.5 Å². The number of amides is 2. The van der Waals surface area contributed by atoms with E-state index in [9.17, 15) is 13.2 Å². The monoisotopic (exact) mass is 317 g/mol. The van der Waals surface area contributed by atoms with E-state index in [-0.39, 0.29) is 12.1 Å². The summed E-state index contributed by atoms with van der Waals surface area (Å²) in [7, 11) is -3.21. The van der Waals surface area contributed by atoms with Crippen LogP contribution in [-0.2, 0) is 10.0 Å². The van der Waals surface area contributed by atoms with E-state index in [1.54, 1.807) is 4.90 Å². The van der Waals surface area contributed by atoms with Gasteiger partial charge in [0, 0.05) is 25.7 Å². The minimum Gasteiger partial charge on any atom is -0.338 e. The number of nitrogens with zero attached hydrogens (tertiary/aromatic N) is 1. The molecule has 1 atom stereocenters.